The second-order valence-electron chi connectivity index (χ2n) is 8.14. The third-order valence-corrected chi connectivity index (χ3v) is 4.80. The maximum Gasteiger partial charge on any atom is 0.410 e. The van der Waals surface area contributed by atoms with Gasteiger partial charge in [-0.1, -0.05) is 30.3 Å². The van der Waals surface area contributed by atoms with Gasteiger partial charge >= 0.3 is 6.09 Å². The predicted molar refractivity (Wildman–Crippen MR) is 94.5 cm³/mol. The molecule has 1 aromatic carbocycles. The van der Waals surface area contributed by atoms with Gasteiger partial charge in [0.05, 0.1) is 6.04 Å². The van der Waals surface area contributed by atoms with Crippen LogP contribution in [-0.2, 0) is 11.3 Å². The van der Waals surface area contributed by atoms with Crippen LogP contribution in [0.1, 0.15) is 32.8 Å². The average molecular weight is 331 g/mol. The highest BCUT2D eigenvalue weighted by Gasteiger charge is 2.44. The van der Waals surface area contributed by atoms with Crippen molar-refractivity contribution in [2.75, 3.05) is 19.6 Å². The molecule has 0 saturated carbocycles. The minimum atomic E-state index is -0.476. The summed E-state index contributed by atoms with van der Waals surface area (Å²) in [5.74, 6) is 0.435. The lowest BCUT2D eigenvalue weighted by Crippen LogP contribution is -2.56. The lowest BCUT2D eigenvalue weighted by molar-refractivity contribution is 0.00360. The fraction of sp³-hybridized carbons (Fsp3) is 0.632. The van der Waals surface area contributed by atoms with Crippen molar-refractivity contribution in [3.8, 4) is 0 Å². The van der Waals surface area contributed by atoms with E-state index in [1.807, 2.05) is 31.7 Å². The number of likely N-dealkylation sites (tertiary alicyclic amines) is 2. The lowest BCUT2D eigenvalue weighted by atomic mass is 9.90. The SMILES string of the molecule is CC(C)(C)OC(=O)N1C[C@@H](N)C[C@@H]2CN(Cc3ccccc3)C[C@@H]21. The van der Waals surface area contributed by atoms with E-state index in [4.69, 9.17) is 10.5 Å². The van der Waals surface area contributed by atoms with Crippen LogP contribution in [0.3, 0.4) is 0 Å². The second-order valence-corrected chi connectivity index (χ2v) is 8.14. The van der Waals surface area contributed by atoms with Crippen LogP contribution >= 0.6 is 0 Å². The third kappa shape index (κ3) is 4.08. The van der Waals surface area contributed by atoms with Crippen molar-refractivity contribution in [2.45, 2.75) is 51.4 Å². The van der Waals surface area contributed by atoms with E-state index in [0.717, 1.165) is 26.1 Å². The van der Waals surface area contributed by atoms with Gasteiger partial charge in [0.15, 0.2) is 0 Å². The predicted octanol–water partition coefficient (Wildman–Crippen LogP) is 2.46. The lowest BCUT2D eigenvalue weighted by Gasteiger charge is -2.40. The Bertz CT molecular complexity index is 570. The first-order chi connectivity index (χ1) is 11.3. The van der Waals surface area contributed by atoms with Crippen molar-refractivity contribution < 1.29 is 9.53 Å². The average Bonchev–Trinajstić information content (AvgIpc) is 2.87. The molecule has 132 valence electrons. The summed E-state index contributed by atoms with van der Waals surface area (Å²) in [6, 6.07) is 10.7. The summed E-state index contributed by atoms with van der Waals surface area (Å²) in [6.45, 7) is 9.12. The Balaban J connectivity index is 1.68. The van der Waals surface area contributed by atoms with Gasteiger partial charge < -0.3 is 15.4 Å². The van der Waals surface area contributed by atoms with Crippen molar-refractivity contribution in [2.24, 2.45) is 11.7 Å². The zero-order valence-corrected chi connectivity index (χ0v) is 14.9. The molecular formula is C19H29N3O2. The first-order valence-corrected chi connectivity index (χ1v) is 8.83. The summed E-state index contributed by atoms with van der Waals surface area (Å²) in [6.07, 6.45) is 0.754. The first-order valence-electron chi connectivity index (χ1n) is 8.83. The van der Waals surface area contributed by atoms with Crippen LogP contribution in [0.5, 0.6) is 0 Å². The van der Waals surface area contributed by atoms with Crippen LogP contribution in [0.4, 0.5) is 4.79 Å². The van der Waals surface area contributed by atoms with Crippen molar-refractivity contribution in [3.63, 3.8) is 0 Å². The summed E-state index contributed by atoms with van der Waals surface area (Å²) in [4.78, 5) is 16.9. The van der Waals surface area contributed by atoms with Gasteiger partial charge in [-0.15, -0.1) is 0 Å². The summed E-state index contributed by atoms with van der Waals surface area (Å²) in [5, 5.41) is 0. The summed E-state index contributed by atoms with van der Waals surface area (Å²) in [7, 11) is 0. The Kier molecular flexibility index (Phi) is 4.83. The van der Waals surface area contributed by atoms with E-state index in [1.54, 1.807) is 0 Å². The van der Waals surface area contributed by atoms with E-state index in [9.17, 15) is 4.79 Å². The molecule has 3 rings (SSSR count). The molecule has 0 unspecified atom stereocenters. The molecule has 2 saturated heterocycles. The Hall–Kier alpha value is -1.59. The van der Waals surface area contributed by atoms with Gasteiger partial charge in [-0.25, -0.2) is 4.79 Å². The van der Waals surface area contributed by atoms with Gasteiger partial charge in [-0.3, -0.25) is 4.90 Å². The molecule has 2 N–H and O–H groups in total. The molecule has 24 heavy (non-hydrogen) atoms. The topological polar surface area (TPSA) is 58.8 Å². The van der Waals surface area contributed by atoms with Crippen LogP contribution in [0.25, 0.3) is 0 Å². The first kappa shape index (κ1) is 17.2. The highest BCUT2D eigenvalue weighted by atomic mass is 16.6. The Morgan fingerprint density at radius 3 is 2.58 bits per heavy atom. The number of carbonyl (C=O) groups excluding carboxylic acids is 1. The monoisotopic (exact) mass is 331 g/mol. The van der Waals surface area contributed by atoms with Crippen molar-refractivity contribution in [1.29, 1.82) is 0 Å². The number of nitrogens with zero attached hydrogens (tertiary/aromatic N) is 2. The molecule has 0 aliphatic carbocycles. The summed E-state index contributed by atoms with van der Waals surface area (Å²) >= 11 is 0. The largest absolute Gasteiger partial charge is 0.444 e. The van der Waals surface area contributed by atoms with E-state index >= 15 is 0 Å². The van der Waals surface area contributed by atoms with Gasteiger partial charge in [0.25, 0.3) is 0 Å². The maximum absolute atomic E-state index is 12.6. The fourth-order valence-electron chi connectivity index (χ4n) is 3.88. The smallest absolute Gasteiger partial charge is 0.410 e. The number of ether oxygens (including phenoxy) is 1. The number of rotatable bonds is 2. The van der Waals surface area contributed by atoms with E-state index in [0.29, 0.717) is 12.5 Å². The summed E-state index contributed by atoms with van der Waals surface area (Å²) in [5.41, 5.74) is 7.05. The van der Waals surface area contributed by atoms with Crippen molar-refractivity contribution in [3.05, 3.63) is 35.9 Å². The second kappa shape index (κ2) is 6.73. The highest BCUT2D eigenvalue weighted by Crippen LogP contribution is 2.32. The molecule has 1 aromatic rings. The number of amides is 1. The molecule has 0 aromatic heterocycles. The molecule has 2 aliphatic rings. The molecule has 1 amide bonds. The summed E-state index contributed by atoms with van der Waals surface area (Å²) < 4.78 is 5.60. The molecule has 0 spiro atoms. The van der Waals surface area contributed by atoms with E-state index in [-0.39, 0.29) is 18.2 Å². The normalized spacial score (nSPS) is 27.8. The zero-order valence-electron chi connectivity index (χ0n) is 14.9. The Morgan fingerprint density at radius 1 is 1.21 bits per heavy atom. The maximum atomic E-state index is 12.6. The molecular weight excluding hydrogens is 302 g/mol. The van der Waals surface area contributed by atoms with Crippen LogP contribution in [0.15, 0.2) is 30.3 Å². The van der Waals surface area contributed by atoms with Gasteiger partial charge in [-0.05, 0) is 38.7 Å². The molecule has 0 radical (unpaired) electrons. The van der Waals surface area contributed by atoms with Crippen LogP contribution in [-0.4, -0.2) is 53.2 Å². The molecule has 2 heterocycles. The highest BCUT2D eigenvalue weighted by molar-refractivity contribution is 5.69. The number of fused-ring (bicyclic) bond motifs is 1. The molecule has 2 fully saturated rings. The Morgan fingerprint density at radius 2 is 1.92 bits per heavy atom. The number of nitrogens with two attached hydrogens (primary N) is 1. The van der Waals surface area contributed by atoms with Gasteiger partial charge in [-0.2, -0.15) is 0 Å². The number of hydrogen-bond acceptors (Lipinski definition) is 4. The minimum absolute atomic E-state index is 0.0374. The molecule has 5 nitrogen and oxygen atoms in total. The van der Waals surface area contributed by atoms with Crippen LogP contribution in [0.2, 0.25) is 0 Å². The minimum Gasteiger partial charge on any atom is -0.444 e. The molecule has 3 atom stereocenters. The number of piperidine rings is 1. The number of carbonyl (C=O) groups is 1. The van der Waals surface area contributed by atoms with Crippen LogP contribution < -0.4 is 5.73 Å². The van der Waals surface area contributed by atoms with Crippen molar-refractivity contribution in [1.82, 2.24) is 9.80 Å². The van der Waals surface area contributed by atoms with Gasteiger partial charge in [0.1, 0.15) is 5.60 Å². The molecule has 2 aliphatic heterocycles. The van der Waals surface area contributed by atoms with E-state index in [1.165, 1.54) is 5.56 Å². The number of hydrogen-bond donors (Lipinski definition) is 1. The Labute approximate surface area is 144 Å². The van der Waals surface area contributed by atoms with Gasteiger partial charge in [0, 0.05) is 32.2 Å². The molecule has 0 bridgehead atoms. The van der Waals surface area contributed by atoms with Crippen molar-refractivity contribution >= 4 is 6.09 Å². The number of benzene rings is 1. The fourth-order valence-corrected chi connectivity index (χ4v) is 3.88. The van der Waals surface area contributed by atoms with Crippen LogP contribution in [0, 0.1) is 5.92 Å². The zero-order chi connectivity index (χ0) is 17.3. The quantitative estimate of drug-likeness (QED) is 0.904. The third-order valence-electron chi connectivity index (χ3n) is 4.80. The van der Waals surface area contributed by atoms with Gasteiger partial charge in [0.2, 0.25) is 0 Å². The molecule has 5 heteroatoms. The van der Waals surface area contributed by atoms with E-state index in [2.05, 4.69) is 29.2 Å². The standard InChI is InChI=1S/C19H29N3O2/c1-19(2,3)24-18(23)22-12-16(20)9-15-11-21(13-17(15)22)10-14-7-5-4-6-8-14/h4-8,15-17H,9-13,20H2,1-3H3/t15-,16+,17+/m1/s1. The van der Waals surface area contributed by atoms with E-state index < -0.39 is 5.60 Å².